The minimum atomic E-state index is -0.383. The molecule has 0 aromatic heterocycles. The highest BCUT2D eigenvalue weighted by atomic mass is 19.1. The molecule has 0 spiro atoms. The van der Waals surface area contributed by atoms with Crippen LogP contribution in [0.5, 0.6) is 0 Å². The largest absolute Gasteiger partial charge is 0.335 e. The molecule has 0 bridgehead atoms. The summed E-state index contributed by atoms with van der Waals surface area (Å²) < 4.78 is 12.9. The van der Waals surface area contributed by atoms with Crippen LogP contribution < -0.4 is 16.4 Å². The molecule has 17 heavy (non-hydrogen) atoms. The topological polar surface area (TPSA) is 67.1 Å². The van der Waals surface area contributed by atoms with E-state index < -0.39 is 0 Å². The minimum Gasteiger partial charge on any atom is -0.335 e. The molecule has 0 saturated heterocycles. The first-order valence-electron chi connectivity index (χ1n) is 5.56. The van der Waals surface area contributed by atoms with Gasteiger partial charge in [0.1, 0.15) is 5.82 Å². The van der Waals surface area contributed by atoms with Crippen LogP contribution in [0.3, 0.4) is 0 Å². The van der Waals surface area contributed by atoms with Crippen molar-refractivity contribution < 1.29 is 9.18 Å². The molecule has 0 heterocycles. The van der Waals surface area contributed by atoms with Crippen LogP contribution in [-0.4, -0.2) is 18.6 Å². The van der Waals surface area contributed by atoms with Crippen molar-refractivity contribution in [3.05, 3.63) is 30.1 Å². The van der Waals surface area contributed by atoms with E-state index in [2.05, 4.69) is 10.6 Å². The van der Waals surface area contributed by atoms with Crippen molar-refractivity contribution in [3.63, 3.8) is 0 Å². The summed E-state index contributed by atoms with van der Waals surface area (Å²) >= 11 is 0. The molecule has 1 aromatic carbocycles. The summed E-state index contributed by atoms with van der Waals surface area (Å²) in [6, 6.07) is 5.35. The summed E-state index contributed by atoms with van der Waals surface area (Å²) in [4.78, 5) is 11.6. The van der Waals surface area contributed by atoms with E-state index in [4.69, 9.17) is 5.73 Å². The van der Waals surface area contributed by atoms with Crippen LogP contribution in [0, 0.1) is 11.7 Å². The first-order chi connectivity index (χ1) is 8.02. The van der Waals surface area contributed by atoms with Crippen LogP contribution in [0.4, 0.5) is 14.9 Å². The number of rotatable bonds is 4. The van der Waals surface area contributed by atoms with Crippen molar-refractivity contribution in [2.75, 3.05) is 11.9 Å². The third kappa shape index (κ3) is 4.40. The Kier molecular flexibility index (Phi) is 4.90. The molecule has 5 heteroatoms. The first-order valence-corrected chi connectivity index (χ1v) is 5.56. The van der Waals surface area contributed by atoms with Crippen molar-refractivity contribution in [2.45, 2.75) is 19.9 Å². The fraction of sp³-hybridized carbons (Fsp3) is 0.417. The van der Waals surface area contributed by atoms with Gasteiger partial charge in [0, 0.05) is 11.7 Å². The third-order valence-corrected chi connectivity index (χ3v) is 2.67. The molecule has 4 N–H and O–H groups in total. The van der Waals surface area contributed by atoms with Gasteiger partial charge in [-0.1, -0.05) is 13.0 Å². The quantitative estimate of drug-likeness (QED) is 0.751. The van der Waals surface area contributed by atoms with Gasteiger partial charge in [0.2, 0.25) is 0 Å². The molecule has 0 aliphatic carbocycles. The lowest BCUT2D eigenvalue weighted by Crippen LogP contribution is -2.41. The number of amides is 2. The zero-order valence-corrected chi connectivity index (χ0v) is 10.0. The number of benzene rings is 1. The second-order valence-corrected chi connectivity index (χ2v) is 4.11. The Morgan fingerprint density at radius 1 is 1.47 bits per heavy atom. The van der Waals surface area contributed by atoms with Gasteiger partial charge in [-0.3, -0.25) is 0 Å². The van der Waals surface area contributed by atoms with Gasteiger partial charge in [-0.25, -0.2) is 9.18 Å². The van der Waals surface area contributed by atoms with E-state index in [9.17, 15) is 9.18 Å². The molecular weight excluding hydrogens is 221 g/mol. The SMILES string of the molecule is CC(CN)C(C)NC(=O)Nc1cccc(F)c1. The third-order valence-electron chi connectivity index (χ3n) is 2.67. The lowest BCUT2D eigenvalue weighted by molar-refractivity contribution is 0.245. The number of hydrogen-bond donors (Lipinski definition) is 3. The van der Waals surface area contributed by atoms with Gasteiger partial charge in [-0.15, -0.1) is 0 Å². The van der Waals surface area contributed by atoms with Gasteiger partial charge >= 0.3 is 6.03 Å². The van der Waals surface area contributed by atoms with Gasteiger partial charge in [-0.05, 0) is 37.6 Å². The second kappa shape index (κ2) is 6.20. The summed E-state index contributed by atoms with van der Waals surface area (Å²) in [6.45, 7) is 4.33. The number of urea groups is 1. The Labute approximate surface area is 100 Å². The number of halogens is 1. The fourth-order valence-corrected chi connectivity index (χ4v) is 1.29. The molecule has 2 unspecified atom stereocenters. The van der Waals surface area contributed by atoms with Gasteiger partial charge in [0.25, 0.3) is 0 Å². The van der Waals surface area contributed by atoms with Crippen LogP contribution in [0.2, 0.25) is 0 Å². The predicted molar refractivity (Wildman–Crippen MR) is 66.2 cm³/mol. The Bertz CT molecular complexity index is 384. The highest BCUT2D eigenvalue weighted by Gasteiger charge is 2.13. The average molecular weight is 239 g/mol. The van der Waals surface area contributed by atoms with E-state index in [1.807, 2.05) is 13.8 Å². The average Bonchev–Trinajstić information content (AvgIpc) is 2.27. The maximum absolute atomic E-state index is 12.9. The molecule has 0 aliphatic rings. The molecule has 94 valence electrons. The molecule has 0 saturated carbocycles. The summed E-state index contributed by atoms with van der Waals surface area (Å²) in [5, 5.41) is 5.31. The number of carbonyl (C=O) groups is 1. The van der Waals surface area contributed by atoms with Crippen molar-refractivity contribution in [2.24, 2.45) is 11.7 Å². The zero-order chi connectivity index (χ0) is 12.8. The van der Waals surface area contributed by atoms with E-state index in [0.717, 1.165) is 0 Å². The molecule has 4 nitrogen and oxygen atoms in total. The van der Waals surface area contributed by atoms with Crippen LogP contribution >= 0.6 is 0 Å². The monoisotopic (exact) mass is 239 g/mol. The summed E-state index contributed by atoms with van der Waals surface area (Å²) in [5.41, 5.74) is 5.93. The van der Waals surface area contributed by atoms with E-state index in [0.29, 0.717) is 12.2 Å². The Morgan fingerprint density at radius 2 is 2.18 bits per heavy atom. The maximum atomic E-state index is 12.9. The van der Waals surface area contributed by atoms with Crippen LogP contribution in [-0.2, 0) is 0 Å². The molecule has 1 rings (SSSR count). The predicted octanol–water partition coefficient (Wildman–Crippen LogP) is 1.93. The summed E-state index contributed by atoms with van der Waals surface area (Å²) in [7, 11) is 0. The smallest absolute Gasteiger partial charge is 0.319 e. The molecule has 2 atom stereocenters. The van der Waals surface area contributed by atoms with E-state index >= 15 is 0 Å². The Morgan fingerprint density at radius 3 is 2.76 bits per heavy atom. The number of hydrogen-bond acceptors (Lipinski definition) is 2. The standard InChI is InChI=1S/C12H18FN3O/c1-8(7-14)9(2)15-12(17)16-11-5-3-4-10(13)6-11/h3-6,8-9H,7,14H2,1-2H3,(H2,15,16,17). The van der Waals surface area contributed by atoms with Crippen LogP contribution in [0.1, 0.15) is 13.8 Å². The molecule has 0 radical (unpaired) electrons. The zero-order valence-electron chi connectivity index (χ0n) is 10.0. The van der Waals surface area contributed by atoms with Crippen LogP contribution in [0.15, 0.2) is 24.3 Å². The number of nitrogens with one attached hydrogen (secondary N) is 2. The maximum Gasteiger partial charge on any atom is 0.319 e. The van der Waals surface area contributed by atoms with Gasteiger partial charge in [-0.2, -0.15) is 0 Å². The molecule has 0 aliphatic heterocycles. The molecule has 1 aromatic rings. The second-order valence-electron chi connectivity index (χ2n) is 4.11. The van der Waals surface area contributed by atoms with Crippen molar-refractivity contribution in [3.8, 4) is 0 Å². The van der Waals surface area contributed by atoms with Gasteiger partial charge < -0.3 is 16.4 Å². The Hall–Kier alpha value is -1.62. The number of nitrogens with two attached hydrogens (primary N) is 1. The van der Waals surface area contributed by atoms with Crippen molar-refractivity contribution in [1.82, 2.24) is 5.32 Å². The summed E-state index contributed by atoms with van der Waals surface area (Å²) in [6.07, 6.45) is 0. The minimum absolute atomic E-state index is 0.0337. The lowest BCUT2D eigenvalue weighted by Gasteiger charge is -2.19. The highest BCUT2D eigenvalue weighted by Crippen LogP contribution is 2.09. The van der Waals surface area contributed by atoms with E-state index in [1.165, 1.54) is 18.2 Å². The lowest BCUT2D eigenvalue weighted by atomic mass is 10.0. The normalized spacial score (nSPS) is 13.9. The Balaban J connectivity index is 2.50. The van der Waals surface area contributed by atoms with Crippen molar-refractivity contribution >= 4 is 11.7 Å². The number of anilines is 1. The summed E-state index contributed by atoms with van der Waals surface area (Å²) in [5.74, 6) is -0.195. The highest BCUT2D eigenvalue weighted by molar-refractivity contribution is 5.89. The van der Waals surface area contributed by atoms with Crippen molar-refractivity contribution in [1.29, 1.82) is 0 Å². The fourth-order valence-electron chi connectivity index (χ4n) is 1.29. The van der Waals surface area contributed by atoms with E-state index in [-0.39, 0.29) is 23.8 Å². The van der Waals surface area contributed by atoms with E-state index in [1.54, 1.807) is 6.07 Å². The van der Waals surface area contributed by atoms with Gasteiger partial charge in [0.15, 0.2) is 0 Å². The molecular formula is C12H18FN3O. The molecule has 2 amide bonds. The first kappa shape index (κ1) is 13.4. The number of carbonyl (C=O) groups excluding carboxylic acids is 1. The van der Waals surface area contributed by atoms with Crippen LogP contribution in [0.25, 0.3) is 0 Å². The van der Waals surface area contributed by atoms with Gasteiger partial charge in [0.05, 0.1) is 0 Å². The molecule has 0 fully saturated rings.